The Labute approximate surface area is 144 Å². The highest BCUT2D eigenvalue weighted by Gasteiger charge is 2.32. The lowest BCUT2D eigenvalue weighted by atomic mass is 9.84. The fourth-order valence-electron chi connectivity index (χ4n) is 3.56. The maximum Gasteiger partial charge on any atom is 0.220 e. The van der Waals surface area contributed by atoms with Crippen LogP contribution >= 0.6 is 0 Å². The predicted octanol–water partition coefficient (Wildman–Crippen LogP) is 1.75. The Balaban J connectivity index is 1.76. The fourth-order valence-corrected chi connectivity index (χ4v) is 3.56. The number of rotatable bonds is 3. The Morgan fingerprint density at radius 2 is 2.20 bits per heavy atom. The Bertz CT molecular complexity index is 956. The number of fused-ring (bicyclic) bond motifs is 1. The standard InChI is InChI=1S/C17H19N7O/c1-3-10-8-20-23-16(10)24-5-4-19-15(24)11-6-12-14(13(25)7-11)9(2)21-17(18)22-12/h4-5,8,11H,3,6-7H2,1-2H3,(H,20,23)(H2,18,21,22). The van der Waals surface area contributed by atoms with Gasteiger partial charge in [0.15, 0.2) is 5.78 Å². The highest BCUT2D eigenvalue weighted by atomic mass is 16.1. The fraction of sp³-hybridized carbons (Fsp3) is 0.353. The summed E-state index contributed by atoms with van der Waals surface area (Å²) in [6.07, 6.45) is 7.31. The zero-order valence-electron chi connectivity index (χ0n) is 14.2. The van der Waals surface area contributed by atoms with Crippen molar-refractivity contribution in [2.45, 2.75) is 39.0 Å². The van der Waals surface area contributed by atoms with Gasteiger partial charge in [-0.2, -0.15) is 5.10 Å². The molecule has 0 amide bonds. The van der Waals surface area contributed by atoms with Crippen molar-refractivity contribution in [1.29, 1.82) is 0 Å². The molecule has 3 aromatic rings. The van der Waals surface area contributed by atoms with Gasteiger partial charge in [-0.05, 0) is 13.3 Å². The van der Waals surface area contributed by atoms with Crippen molar-refractivity contribution >= 4 is 11.7 Å². The average Bonchev–Trinajstić information content (AvgIpc) is 3.22. The van der Waals surface area contributed by atoms with E-state index in [9.17, 15) is 4.79 Å². The largest absolute Gasteiger partial charge is 0.368 e. The molecule has 8 heteroatoms. The highest BCUT2D eigenvalue weighted by Crippen LogP contribution is 2.33. The zero-order chi connectivity index (χ0) is 17.6. The maximum absolute atomic E-state index is 12.7. The van der Waals surface area contributed by atoms with Crippen LogP contribution in [-0.2, 0) is 12.8 Å². The predicted molar refractivity (Wildman–Crippen MR) is 91.7 cm³/mol. The van der Waals surface area contributed by atoms with E-state index in [-0.39, 0.29) is 17.6 Å². The van der Waals surface area contributed by atoms with Crippen molar-refractivity contribution < 1.29 is 4.79 Å². The third-order valence-corrected chi connectivity index (χ3v) is 4.68. The summed E-state index contributed by atoms with van der Waals surface area (Å²) < 4.78 is 1.98. The number of aromatic amines is 1. The minimum absolute atomic E-state index is 0.0404. The quantitative estimate of drug-likeness (QED) is 0.752. The number of hydrogen-bond donors (Lipinski definition) is 2. The Morgan fingerprint density at radius 3 is 3.00 bits per heavy atom. The van der Waals surface area contributed by atoms with Crippen LogP contribution in [0.2, 0.25) is 0 Å². The summed E-state index contributed by atoms with van der Waals surface area (Å²) in [5.41, 5.74) is 8.84. The SMILES string of the molecule is CCc1cn[nH]c1-n1ccnc1C1CC(=O)c2c(C)nc(N)nc2C1. The second-order valence-corrected chi connectivity index (χ2v) is 6.27. The number of carbonyl (C=O) groups excluding carboxylic acids is 1. The Kier molecular flexibility index (Phi) is 3.60. The molecule has 128 valence electrons. The van der Waals surface area contributed by atoms with Crippen LogP contribution in [0, 0.1) is 6.92 Å². The van der Waals surface area contributed by atoms with Crippen LogP contribution in [0.1, 0.15) is 52.4 Å². The number of anilines is 1. The molecule has 0 saturated carbocycles. The minimum atomic E-state index is -0.0586. The molecule has 3 heterocycles. The van der Waals surface area contributed by atoms with Gasteiger partial charge in [0.05, 0.1) is 23.1 Å². The number of nitrogens with one attached hydrogen (secondary N) is 1. The minimum Gasteiger partial charge on any atom is -0.368 e. The monoisotopic (exact) mass is 337 g/mol. The van der Waals surface area contributed by atoms with Gasteiger partial charge in [0, 0.05) is 36.7 Å². The molecule has 1 unspecified atom stereocenters. The summed E-state index contributed by atoms with van der Waals surface area (Å²) in [5.74, 6) is 1.91. The molecule has 3 aromatic heterocycles. The van der Waals surface area contributed by atoms with Crippen LogP contribution in [0.4, 0.5) is 5.95 Å². The normalized spacial score (nSPS) is 16.9. The molecular weight excluding hydrogens is 318 g/mol. The number of aromatic nitrogens is 6. The Morgan fingerprint density at radius 1 is 1.36 bits per heavy atom. The molecule has 0 radical (unpaired) electrons. The van der Waals surface area contributed by atoms with E-state index >= 15 is 0 Å². The number of carbonyl (C=O) groups is 1. The van der Waals surface area contributed by atoms with Crippen molar-refractivity contribution in [3.63, 3.8) is 0 Å². The van der Waals surface area contributed by atoms with Crippen LogP contribution in [0.15, 0.2) is 18.6 Å². The van der Waals surface area contributed by atoms with Gasteiger partial charge in [-0.25, -0.2) is 15.0 Å². The van der Waals surface area contributed by atoms with Crippen molar-refractivity contribution in [3.8, 4) is 5.82 Å². The van der Waals surface area contributed by atoms with Gasteiger partial charge in [-0.1, -0.05) is 6.92 Å². The third-order valence-electron chi connectivity index (χ3n) is 4.68. The molecule has 1 aliphatic rings. The Hall–Kier alpha value is -3.03. The molecule has 0 spiro atoms. The van der Waals surface area contributed by atoms with Crippen LogP contribution in [0.25, 0.3) is 5.82 Å². The first kappa shape index (κ1) is 15.5. The molecule has 1 aliphatic carbocycles. The molecule has 0 bridgehead atoms. The van der Waals surface area contributed by atoms with Gasteiger partial charge in [0.1, 0.15) is 11.6 Å². The second kappa shape index (κ2) is 5.80. The van der Waals surface area contributed by atoms with Gasteiger partial charge in [0.25, 0.3) is 0 Å². The van der Waals surface area contributed by atoms with Gasteiger partial charge in [-0.15, -0.1) is 0 Å². The molecule has 3 N–H and O–H groups in total. The van der Waals surface area contributed by atoms with E-state index in [0.717, 1.165) is 23.6 Å². The lowest BCUT2D eigenvalue weighted by Crippen LogP contribution is -2.24. The number of nitrogen functional groups attached to an aromatic ring is 1. The molecule has 25 heavy (non-hydrogen) atoms. The first-order chi connectivity index (χ1) is 12.1. The number of Topliss-reactive ketones (excluding diaryl/α,β-unsaturated/α-hetero) is 1. The average molecular weight is 337 g/mol. The molecule has 4 rings (SSSR count). The number of hydrogen-bond acceptors (Lipinski definition) is 6. The van der Waals surface area contributed by atoms with E-state index in [1.807, 2.05) is 17.0 Å². The van der Waals surface area contributed by atoms with Crippen molar-refractivity contribution in [2.75, 3.05) is 5.73 Å². The molecule has 0 saturated heterocycles. The van der Waals surface area contributed by atoms with Gasteiger partial charge in [-0.3, -0.25) is 14.5 Å². The summed E-state index contributed by atoms with van der Waals surface area (Å²) in [6.45, 7) is 3.88. The van der Waals surface area contributed by atoms with E-state index in [4.69, 9.17) is 5.73 Å². The van der Waals surface area contributed by atoms with Crippen LogP contribution in [0.3, 0.4) is 0 Å². The number of aryl methyl sites for hydroxylation is 2. The van der Waals surface area contributed by atoms with E-state index in [0.29, 0.717) is 29.8 Å². The number of H-pyrrole nitrogens is 1. The van der Waals surface area contributed by atoms with E-state index in [1.54, 1.807) is 13.1 Å². The molecule has 0 aromatic carbocycles. The molecule has 0 fully saturated rings. The number of imidazole rings is 1. The topological polar surface area (TPSA) is 115 Å². The van der Waals surface area contributed by atoms with E-state index in [2.05, 4.69) is 32.1 Å². The van der Waals surface area contributed by atoms with E-state index in [1.165, 1.54) is 0 Å². The summed E-state index contributed by atoms with van der Waals surface area (Å²) >= 11 is 0. The lowest BCUT2D eigenvalue weighted by molar-refractivity contribution is 0.0960. The first-order valence-electron chi connectivity index (χ1n) is 8.30. The van der Waals surface area contributed by atoms with Crippen molar-refractivity contribution in [3.05, 3.63) is 46.9 Å². The molecular formula is C17H19N7O. The van der Waals surface area contributed by atoms with E-state index < -0.39 is 0 Å². The summed E-state index contributed by atoms with van der Waals surface area (Å²) in [7, 11) is 0. The van der Waals surface area contributed by atoms with Crippen LogP contribution in [0.5, 0.6) is 0 Å². The zero-order valence-corrected chi connectivity index (χ0v) is 14.2. The smallest absolute Gasteiger partial charge is 0.220 e. The molecule has 8 nitrogen and oxygen atoms in total. The maximum atomic E-state index is 12.7. The second-order valence-electron chi connectivity index (χ2n) is 6.27. The molecule has 0 aliphatic heterocycles. The van der Waals surface area contributed by atoms with Crippen molar-refractivity contribution in [1.82, 2.24) is 29.7 Å². The summed E-state index contributed by atoms with van der Waals surface area (Å²) in [4.78, 5) is 25.6. The summed E-state index contributed by atoms with van der Waals surface area (Å²) in [6, 6.07) is 0. The van der Waals surface area contributed by atoms with Gasteiger partial charge < -0.3 is 5.73 Å². The summed E-state index contributed by atoms with van der Waals surface area (Å²) in [5, 5.41) is 7.16. The number of nitrogens with two attached hydrogens (primary N) is 1. The van der Waals surface area contributed by atoms with Gasteiger partial charge in [0.2, 0.25) is 5.95 Å². The third kappa shape index (κ3) is 2.50. The number of nitrogens with zero attached hydrogens (tertiary/aromatic N) is 5. The van der Waals surface area contributed by atoms with Gasteiger partial charge >= 0.3 is 0 Å². The molecule has 1 atom stereocenters. The number of ketones is 1. The van der Waals surface area contributed by atoms with Crippen molar-refractivity contribution in [2.24, 2.45) is 0 Å². The highest BCUT2D eigenvalue weighted by molar-refractivity contribution is 5.99. The van der Waals surface area contributed by atoms with Crippen LogP contribution in [-0.4, -0.2) is 35.5 Å². The first-order valence-corrected chi connectivity index (χ1v) is 8.30. The van der Waals surface area contributed by atoms with Crippen LogP contribution < -0.4 is 5.73 Å². The lowest BCUT2D eigenvalue weighted by Gasteiger charge is -2.24.